The lowest BCUT2D eigenvalue weighted by atomic mass is 10.2. The van der Waals surface area contributed by atoms with Gasteiger partial charge in [0, 0.05) is 53.2 Å². The van der Waals surface area contributed by atoms with Gasteiger partial charge >= 0.3 is 0 Å². The van der Waals surface area contributed by atoms with Crippen molar-refractivity contribution in [2.24, 2.45) is 0 Å². The van der Waals surface area contributed by atoms with Crippen LogP contribution in [0.2, 0.25) is 0 Å². The van der Waals surface area contributed by atoms with Crippen molar-refractivity contribution >= 4 is 11.8 Å². The highest BCUT2D eigenvalue weighted by Gasteiger charge is 2.29. The maximum atomic E-state index is 12.2. The molecule has 1 N–H and O–H groups in total. The van der Waals surface area contributed by atoms with Gasteiger partial charge < -0.3 is 15.1 Å². The fraction of sp³-hybridized carbons (Fsp3) is 0.857. The third-order valence-electron chi connectivity index (χ3n) is 4.18. The molecule has 0 bridgehead atoms. The van der Waals surface area contributed by atoms with Crippen molar-refractivity contribution in [1.29, 1.82) is 0 Å². The molecule has 0 aliphatic carbocycles. The lowest BCUT2D eigenvalue weighted by Crippen LogP contribution is -2.53. The van der Waals surface area contributed by atoms with E-state index in [2.05, 4.69) is 10.2 Å². The van der Waals surface area contributed by atoms with Crippen LogP contribution >= 0.6 is 0 Å². The average Bonchev–Trinajstić information content (AvgIpc) is 2.98. The molecule has 0 radical (unpaired) electrons. The molecule has 0 saturated carbocycles. The van der Waals surface area contributed by atoms with Crippen molar-refractivity contribution in [2.75, 3.05) is 53.4 Å². The molecule has 20 heavy (non-hydrogen) atoms. The third kappa shape index (κ3) is 3.93. The van der Waals surface area contributed by atoms with E-state index in [9.17, 15) is 9.59 Å². The summed E-state index contributed by atoms with van der Waals surface area (Å²) in [5, 5.41) is 3.26. The molecule has 1 unspecified atom stereocenters. The summed E-state index contributed by atoms with van der Waals surface area (Å²) in [5.41, 5.74) is 0. The number of rotatable bonds is 4. The monoisotopic (exact) mass is 282 g/mol. The Morgan fingerprint density at radius 2 is 1.90 bits per heavy atom. The first-order chi connectivity index (χ1) is 9.58. The van der Waals surface area contributed by atoms with Gasteiger partial charge in [0.15, 0.2) is 0 Å². The Kier molecular flexibility index (Phi) is 5.37. The van der Waals surface area contributed by atoms with Crippen molar-refractivity contribution < 1.29 is 9.59 Å². The van der Waals surface area contributed by atoms with Gasteiger partial charge in [-0.2, -0.15) is 0 Å². The number of carbonyl (C=O) groups excluding carboxylic acids is 2. The van der Waals surface area contributed by atoms with Crippen molar-refractivity contribution in [3.8, 4) is 0 Å². The van der Waals surface area contributed by atoms with Gasteiger partial charge in [-0.25, -0.2) is 0 Å². The second-order valence-electron chi connectivity index (χ2n) is 5.85. The summed E-state index contributed by atoms with van der Waals surface area (Å²) in [6, 6.07) is 0.0388. The Labute approximate surface area is 121 Å². The fourth-order valence-corrected chi connectivity index (χ4v) is 2.78. The van der Waals surface area contributed by atoms with Gasteiger partial charge in [0.25, 0.3) is 0 Å². The SMILES string of the molecule is CN(C)C(=O)CCN1CCN(C(=O)C2CCCN2)CC1. The minimum atomic E-state index is 0.0388. The molecule has 6 heteroatoms. The van der Waals surface area contributed by atoms with Crippen LogP contribution in [0.1, 0.15) is 19.3 Å². The highest BCUT2D eigenvalue weighted by atomic mass is 16.2. The topological polar surface area (TPSA) is 55.9 Å². The van der Waals surface area contributed by atoms with E-state index in [1.54, 1.807) is 19.0 Å². The Bertz CT molecular complexity index is 345. The van der Waals surface area contributed by atoms with Crippen LogP contribution in [0, 0.1) is 0 Å². The summed E-state index contributed by atoms with van der Waals surface area (Å²) in [6.07, 6.45) is 2.63. The van der Waals surface area contributed by atoms with Crippen molar-refractivity contribution in [1.82, 2.24) is 20.0 Å². The van der Waals surface area contributed by atoms with E-state index in [1.165, 1.54) is 0 Å². The zero-order valence-electron chi connectivity index (χ0n) is 12.6. The van der Waals surface area contributed by atoms with E-state index in [-0.39, 0.29) is 17.9 Å². The molecule has 2 fully saturated rings. The van der Waals surface area contributed by atoms with Crippen LogP contribution in [0.3, 0.4) is 0 Å². The molecule has 6 nitrogen and oxygen atoms in total. The van der Waals surface area contributed by atoms with E-state index in [4.69, 9.17) is 0 Å². The number of hydrogen-bond acceptors (Lipinski definition) is 4. The second-order valence-corrected chi connectivity index (χ2v) is 5.85. The Balaban J connectivity index is 1.69. The highest BCUT2D eigenvalue weighted by Crippen LogP contribution is 2.11. The summed E-state index contributed by atoms with van der Waals surface area (Å²) in [4.78, 5) is 29.7. The molecule has 1 atom stereocenters. The molecule has 2 heterocycles. The first-order valence-electron chi connectivity index (χ1n) is 7.52. The fourth-order valence-electron chi connectivity index (χ4n) is 2.78. The predicted molar refractivity (Wildman–Crippen MR) is 77.4 cm³/mol. The molecule has 2 aliphatic heterocycles. The molecule has 2 saturated heterocycles. The summed E-state index contributed by atoms with van der Waals surface area (Å²) in [7, 11) is 3.57. The number of amides is 2. The number of hydrogen-bond donors (Lipinski definition) is 1. The smallest absolute Gasteiger partial charge is 0.239 e. The van der Waals surface area contributed by atoms with Crippen LogP contribution in [0.5, 0.6) is 0 Å². The van der Waals surface area contributed by atoms with Crippen molar-refractivity contribution in [3.05, 3.63) is 0 Å². The zero-order valence-corrected chi connectivity index (χ0v) is 12.6. The highest BCUT2D eigenvalue weighted by molar-refractivity contribution is 5.82. The lowest BCUT2D eigenvalue weighted by molar-refractivity contribution is -0.135. The molecule has 0 aromatic carbocycles. The normalized spacial score (nSPS) is 23.9. The van der Waals surface area contributed by atoms with Crippen LogP contribution in [0.25, 0.3) is 0 Å². The van der Waals surface area contributed by atoms with E-state index < -0.39 is 0 Å². The Morgan fingerprint density at radius 1 is 1.20 bits per heavy atom. The average molecular weight is 282 g/mol. The van der Waals surface area contributed by atoms with Gasteiger partial charge in [-0.3, -0.25) is 14.5 Å². The molecular weight excluding hydrogens is 256 g/mol. The quantitative estimate of drug-likeness (QED) is 0.745. The van der Waals surface area contributed by atoms with Gasteiger partial charge in [-0.1, -0.05) is 0 Å². The van der Waals surface area contributed by atoms with Crippen molar-refractivity contribution in [2.45, 2.75) is 25.3 Å². The number of piperazine rings is 1. The molecular formula is C14H26N4O2. The molecule has 2 aliphatic rings. The summed E-state index contributed by atoms with van der Waals surface area (Å²) in [5.74, 6) is 0.421. The summed E-state index contributed by atoms with van der Waals surface area (Å²) < 4.78 is 0. The van der Waals surface area contributed by atoms with E-state index in [0.717, 1.165) is 52.1 Å². The first-order valence-corrected chi connectivity index (χ1v) is 7.52. The molecule has 0 spiro atoms. The number of nitrogens with zero attached hydrogens (tertiary/aromatic N) is 3. The number of nitrogens with one attached hydrogen (secondary N) is 1. The predicted octanol–water partition coefficient (Wildman–Crippen LogP) is -0.639. The van der Waals surface area contributed by atoms with Crippen molar-refractivity contribution in [3.63, 3.8) is 0 Å². The largest absolute Gasteiger partial charge is 0.349 e. The Hall–Kier alpha value is -1.14. The maximum Gasteiger partial charge on any atom is 0.239 e. The standard InChI is InChI=1S/C14H26N4O2/c1-16(2)13(19)5-7-17-8-10-18(11-9-17)14(20)12-4-3-6-15-12/h12,15H,3-11H2,1-2H3. The maximum absolute atomic E-state index is 12.2. The van der Waals surface area contributed by atoms with Crippen LogP contribution < -0.4 is 5.32 Å². The molecule has 114 valence electrons. The van der Waals surface area contributed by atoms with Gasteiger partial charge in [-0.05, 0) is 19.4 Å². The van der Waals surface area contributed by atoms with Crippen LogP contribution in [-0.4, -0.2) is 85.9 Å². The van der Waals surface area contributed by atoms with Gasteiger partial charge in [0.05, 0.1) is 6.04 Å². The van der Waals surface area contributed by atoms with Crippen LogP contribution in [0.15, 0.2) is 0 Å². The molecule has 0 aromatic heterocycles. The molecule has 0 aromatic rings. The second kappa shape index (κ2) is 7.04. The zero-order chi connectivity index (χ0) is 14.5. The Morgan fingerprint density at radius 3 is 2.45 bits per heavy atom. The first kappa shape index (κ1) is 15.3. The molecule has 2 rings (SSSR count). The minimum Gasteiger partial charge on any atom is -0.349 e. The third-order valence-corrected chi connectivity index (χ3v) is 4.18. The van der Waals surface area contributed by atoms with E-state index >= 15 is 0 Å². The van der Waals surface area contributed by atoms with E-state index in [1.807, 2.05) is 4.90 Å². The molecule has 2 amide bonds. The lowest BCUT2D eigenvalue weighted by Gasteiger charge is -2.36. The number of carbonyl (C=O) groups is 2. The summed E-state index contributed by atoms with van der Waals surface area (Å²) >= 11 is 0. The van der Waals surface area contributed by atoms with Crippen LogP contribution in [-0.2, 0) is 9.59 Å². The van der Waals surface area contributed by atoms with Gasteiger partial charge in [-0.15, -0.1) is 0 Å². The summed E-state index contributed by atoms with van der Waals surface area (Å²) in [6.45, 7) is 5.07. The minimum absolute atomic E-state index is 0.0388. The van der Waals surface area contributed by atoms with E-state index in [0.29, 0.717) is 6.42 Å². The van der Waals surface area contributed by atoms with Crippen LogP contribution in [0.4, 0.5) is 0 Å². The van der Waals surface area contributed by atoms with Gasteiger partial charge in [0.1, 0.15) is 0 Å². The van der Waals surface area contributed by atoms with Gasteiger partial charge in [0.2, 0.25) is 11.8 Å².